The molecule has 0 amide bonds. The van der Waals surface area contributed by atoms with E-state index in [1.54, 1.807) is 0 Å². The van der Waals surface area contributed by atoms with Gasteiger partial charge in [0.2, 0.25) is 0 Å². The molecule has 23 heavy (non-hydrogen) atoms. The zero-order valence-electron chi connectivity index (χ0n) is 15.1. The maximum Gasteiger partial charge on any atom is 0.133 e. The number of fused-ring (bicyclic) bond motifs is 1. The molecule has 0 bridgehead atoms. The monoisotopic (exact) mass is 313 g/mol. The van der Waals surface area contributed by atoms with Crippen molar-refractivity contribution in [3.05, 3.63) is 40.5 Å². The first kappa shape index (κ1) is 16.1. The fraction of sp³-hybridized carbons (Fsp3) is 0.611. The molecule has 2 aromatic heterocycles. The SMILES string of the molecule is Cc1nc(CN2CCc3nc(C(C)(C)C)ncc3C2)n(C)c1C. The highest BCUT2D eigenvalue weighted by Crippen LogP contribution is 2.23. The second-order valence-corrected chi connectivity index (χ2v) is 7.63. The van der Waals surface area contributed by atoms with E-state index in [-0.39, 0.29) is 5.41 Å². The molecule has 1 aliphatic heterocycles. The molecule has 5 nitrogen and oxygen atoms in total. The molecule has 124 valence electrons. The molecule has 0 aromatic carbocycles. The average molecular weight is 313 g/mol. The van der Waals surface area contributed by atoms with E-state index in [1.807, 2.05) is 6.20 Å². The third-order valence-corrected chi connectivity index (χ3v) is 4.76. The molecule has 3 heterocycles. The van der Waals surface area contributed by atoms with E-state index in [1.165, 1.54) is 17.0 Å². The van der Waals surface area contributed by atoms with E-state index in [2.05, 4.69) is 56.1 Å². The molecule has 0 unspecified atom stereocenters. The summed E-state index contributed by atoms with van der Waals surface area (Å²) in [6, 6.07) is 0. The van der Waals surface area contributed by atoms with Gasteiger partial charge in [0.1, 0.15) is 11.6 Å². The normalized spacial score (nSPS) is 15.7. The van der Waals surface area contributed by atoms with Gasteiger partial charge in [0.05, 0.1) is 12.2 Å². The van der Waals surface area contributed by atoms with E-state index in [9.17, 15) is 0 Å². The maximum absolute atomic E-state index is 4.80. The highest BCUT2D eigenvalue weighted by Gasteiger charge is 2.23. The molecule has 0 saturated carbocycles. The Balaban J connectivity index is 1.77. The van der Waals surface area contributed by atoms with Crippen molar-refractivity contribution in [1.82, 2.24) is 24.4 Å². The Kier molecular flexibility index (Phi) is 4.00. The Labute approximate surface area is 138 Å². The van der Waals surface area contributed by atoms with Crippen molar-refractivity contribution in [2.75, 3.05) is 6.54 Å². The van der Waals surface area contributed by atoms with E-state index in [0.717, 1.165) is 43.4 Å². The summed E-state index contributed by atoms with van der Waals surface area (Å²) in [4.78, 5) is 16.5. The smallest absolute Gasteiger partial charge is 0.133 e. The number of imidazole rings is 1. The first-order valence-corrected chi connectivity index (χ1v) is 8.32. The van der Waals surface area contributed by atoms with E-state index in [0.29, 0.717) is 0 Å². The predicted octanol–water partition coefficient (Wildman–Crippen LogP) is 2.68. The molecule has 0 N–H and O–H groups in total. The molecular formula is C18H27N5. The lowest BCUT2D eigenvalue weighted by atomic mass is 9.95. The third kappa shape index (κ3) is 3.15. The fourth-order valence-electron chi connectivity index (χ4n) is 3.00. The minimum Gasteiger partial charge on any atom is -0.334 e. The van der Waals surface area contributed by atoms with Crippen LogP contribution < -0.4 is 0 Å². The number of aryl methyl sites for hydroxylation is 1. The van der Waals surface area contributed by atoms with Crippen molar-refractivity contribution >= 4 is 0 Å². The van der Waals surface area contributed by atoms with Crippen LogP contribution in [0.25, 0.3) is 0 Å². The summed E-state index contributed by atoms with van der Waals surface area (Å²) >= 11 is 0. The summed E-state index contributed by atoms with van der Waals surface area (Å²) < 4.78 is 2.20. The second kappa shape index (κ2) is 5.71. The van der Waals surface area contributed by atoms with Gasteiger partial charge in [0.25, 0.3) is 0 Å². The summed E-state index contributed by atoms with van der Waals surface area (Å²) in [6.07, 6.45) is 3.01. The van der Waals surface area contributed by atoms with Crippen LogP contribution in [0.4, 0.5) is 0 Å². The topological polar surface area (TPSA) is 46.8 Å². The van der Waals surface area contributed by atoms with E-state index in [4.69, 9.17) is 9.97 Å². The van der Waals surface area contributed by atoms with Crippen molar-refractivity contribution in [3.63, 3.8) is 0 Å². The Morgan fingerprint density at radius 1 is 1.17 bits per heavy atom. The van der Waals surface area contributed by atoms with Crippen molar-refractivity contribution in [3.8, 4) is 0 Å². The molecule has 5 heteroatoms. The van der Waals surface area contributed by atoms with Crippen LogP contribution >= 0.6 is 0 Å². The lowest BCUT2D eigenvalue weighted by molar-refractivity contribution is 0.234. The summed E-state index contributed by atoms with van der Waals surface area (Å²) in [7, 11) is 2.10. The Morgan fingerprint density at radius 2 is 1.91 bits per heavy atom. The van der Waals surface area contributed by atoms with E-state index < -0.39 is 0 Å². The minimum atomic E-state index is 0.00811. The average Bonchev–Trinajstić information content (AvgIpc) is 2.73. The number of nitrogens with zero attached hydrogens (tertiary/aromatic N) is 5. The van der Waals surface area contributed by atoms with E-state index >= 15 is 0 Å². The summed E-state index contributed by atoms with van der Waals surface area (Å²) in [6.45, 7) is 13.5. The van der Waals surface area contributed by atoms with Gasteiger partial charge in [-0.3, -0.25) is 4.90 Å². The lowest BCUT2D eigenvalue weighted by Gasteiger charge is -2.28. The highest BCUT2D eigenvalue weighted by molar-refractivity contribution is 5.22. The molecule has 3 rings (SSSR count). The second-order valence-electron chi connectivity index (χ2n) is 7.63. The first-order valence-electron chi connectivity index (χ1n) is 8.32. The van der Waals surface area contributed by atoms with Crippen LogP contribution in [0.1, 0.15) is 55.1 Å². The van der Waals surface area contributed by atoms with Crippen LogP contribution in [0, 0.1) is 13.8 Å². The van der Waals surface area contributed by atoms with Crippen LogP contribution in [-0.2, 0) is 32.0 Å². The predicted molar refractivity (Wildman–Crippen MR) is 91.2 cm³/mol. The number of aromatic nitrogens is 4. The van der Waals surface area contributed by atoms with Gasteiger partial charge >= 0.3 is 0 Å². The quantitative estimate of drug-likeness (QED) is 0.855. The Morgan fingerprint density at radius 3 is 2.52 bits per heavy atom. The molecule has 2 aromatic rings. The Bertz CT molecular complexity index is 724. The van der Waals surface area contributed by atoms with Crippen molar-refractivity contribution in [2.45, 2.75) is 59.5 Å². The highest BCUT2D eigenvalue weighted by atomic mass is 15.2. The zero-order valence-corrected chi connectivity index (χ0v) is 15.1. The van der Waals surface area contributed by atoms with Crippen LogP contribution in [0.15, 0.2) is 6.20 Å². The molecular weight excluding hydrogens is 286 g/mol. The van der Waals surface area contributed by atoms with Crippen LogP contribution in [0.3, 0.4) is 0 Å². The van der Waals surface area contributed by atoms with Gasteiger partial charge in [0, 0.05) is 55.1 Å². The first-order chi connectivity index (χ1) is 10.8. The molecule has 0 saturated heterocycles. The number of hydrogen-bond acceptors (Lipinski definition) is 4. The molecule has 0 atom stereocenters. The lowest BCUT2D eigenvalue weighted by Crippen LogP contribution is -2.32. The maximum atomic E-state index is 4.80. The molecule has 0 aliphatic carbocycles. The zero-order chi connectivity index (χ0) is 16.8. The molecule has 0 spiro atoms. The van der Waals surface area contributed by atoms with Crippen LogP contribution in [0.5, 0.6) is 0 Å². The summed E-state index contributed by atoms with van der Waals surface area (Å²) in [5, 5.41) is 0. The van der Waals surface area contributed by atoms with Crippen molar-refractivity contribution in [2.24, 2.45) is 7.05 Å². The van der Waals surface area contributed by atoms with Gasteiger partial charge in [-0.25, -0.2) is 15.0 Å². The van der Waals surface area contributed by atoms with Crippen molar-refractivity contribution in [1.29, 1.82) is 0 Å². The number of rotatable bonds is 2. The molecule has 0 radical (unpaired) electrons. The summed E-state index contributed by atoms with van der Waals surface area (Å²) in [5.74, 6) is 2.08. The van der Waals surface area contributed by atoms with Crippen LogP contribution in [-0.4, -0.2) is 31.0 Å². The largest absolute Gasteiger partial charge is 0.334 e. The van der Waals surface area contributed by atoms with Gasteiger partial charge in [-0.1, -0.05) is 20.8 Å². The van der Waals surface area contributed by atoms with Gasteiger partial charge in [-0.15, -0.1) is 0 Å². The fourth-order valence-corrected chi connectivity index (χ4v) is 3.00. The third-order valence-electron chi connectivity index (χ3n) is 4.76. The minimum absolute atomic E-state index is 0.00811. The van der Waals surface area contributed by atoms with Gasteiger partial charge in [-0.2, -0.15) is 0 Å². The summed E-state index contributed by atoms with van der Waals surface area (Å²) in [5.41, 5.74) is 4.85. The van der Waals surface area contributed by atoms with Gasteiger partial charge in [-0.05, 0) is 13.8 Å². The van der Waals surface area contributed by atoms with Crippen LogP contribution in [0.2, 0.25) is 0 Å². The van der Waals surface area contributed by atoms with Gasteiger partial charge in [0.15, 0.2) is 0 Å². The molecule has 0 fully saturated rings. The standard InChI is InChI=1S/C18H27N5/c1-12-13(2)22(6)16(20-12)11-23-8-7-15-14(10-23)9-19-17(21-15)18(3,4)5/h9H,7-8,10-11H2,1-6H3. The van der Waals surface area contributed by atoms with Crippen molar-refractivity contribution < 1.29 is 0 Å². The Hall–Kier alpha value is -1.75. The molecule has 1 aliphatic rings. The number of hydrogen-bond donors (Lipinski definition) is 0. The van der Waals surface area contributed by atoms with Gasteiger partial charge < -0.3 is 4.57 Å².